The number of carbonyl (C=O) groups excluding carboxylic acids is 1. The molecule has 4 nitrogen and oxygen atoms in total. The SMILES string of the molecule is CC(NCC(F)(F)F)(C(N)=O)c1ccc(Br)o1. The minimum absolute atomic E-state index is 0.0149. The van der Waals surface area contributed by atoms with Crippen molar-refractivity contribution < 1.29 is 22.4 Å². The second-order valence-corrected chi connectivity index (χ2v) is 4.34. The summed E-state index contributed by atoms with van der Waals surface area (Å²) in [6.07, 6.45) is -4.44. The molecule has 0 saturated heterocycles. The zero-order valence-electron chi connectivity index (χ0n) is 8.77. The van der Waals surface area contributed by atoms with Gasteiger partial charge in [0.2, 0.25) is 5.91 Å². The van der Waals surface area contributed by atoms with Crippen molar-refractivity contribution in [3.8, 4) is 0 Å². The predicted octanol–water partition coefficient (Wildman–Crippen LogP) is 1.89. The standard InChI is InChI=1S/C9H10BrF3N2O2/c1-8(7(14)16,15-4-9(11,12)13)5-2-3-6(10)17-5/h2-3,15H,4H2,1H3,(H2,14,16). The van der Waals surface area contributed by atoms with Crippen LogP contribution in [0.3, 0.4) is 0 Å². The molecule has 0 aliphatic heterocycles. The van der Waals surface area contributed by atoms with Gasteiger partial charge in [0.25, 0.3) is 0 Å². The Morgan fingerprint density at radius 2 is 2.12 bits per heavy atom. The third-order valence-corrected chi connectivity index (χ3v) is 2.63. The van der Waals surface area contributed by atoms with Crippen LogP contribution in [0, 0.1) is 0 Å². The molecule has 17 heavy (non-hydrogen) atoms. The van der Waals surface area contributed by atoms with E-state index in [0.29, 0.717) is 4.67 Å². The van der Waals surface area contributed by atoms with Crippen LogP contribution in [0.4, 0.5) is 13.2 Å². The lowest BCUT2D eigenvalue weighted by atomic mass is 9.98. The molecule has 1 aromatic rings. The minimum atomic E-state index is -4.44. The van der Waals surface area contributed by atoms with Gasteiger partial charge in [-0.2, -0.15) is 13.2 Å². The molecular weight excluding hydrogens is 305 g/mol. The average molecular weight is 315 g/mol. The van der Waals surface area contributed by atoms with E-state index in [1.807, 2.05) is 0 Å². The van der Waals surface area contributed by atoms with Crippen molar-refractivity contribution in [1.82, 2.24) is 5.32 Å². The smallest absolute Gasteiger partial charge is 0.401 e. The monoisotopic (exact) mass is 314 g/mol. The van der Waals surface area contributed by atoms with E-state index in [1.54, 1.807) is 0 Å². The van der Waals surface area contributed by atoms with Crippen molar-refractivity contribution in [3.05, 3.63) is 22.6 Å². The first-order chi connectivity index (χ1) is 7.65. The summed E-state index contributed by atoms with van der Waals surface area (Å²) in [4.78, 5) is 11.3. The zero-order valence-corrected chi connectivity index (χ0v) is 10.4. The highest BCUT2D eigenvalue weighted by atomic mass is 79.9. The number of primary amides is 1. The second kappa shape index (κ2) is 4.69. The fourth-order valence-corrected chi connectivity index (χ4v) is 1.46. The number of rotatable bonds is 4. The van der Waals surface area contributed by atoms with E-state index in [2.05, 4.69) is 21.2 Å². The Morgan fingerprint density at radius 1 is 1.53 bits per heavy atom. The fourth-order valence-electron chi connectivity index (χ4n) is 1.16. The number of hydrogen-bond donors (Lipinski definition) is 2. The normalized spacial score (nSPS) is 15.6. The molecule has 0 aromatic carbocycles. The quantitative estimate of drug-likeness (QED) is 0.891. The Hall–Kier alpha value is -1.02. The Labute approximate surface area is 103 Å². The van der Waals surface area contributed by atoms with Crippen molar-refractivity contribution in [3.63, 3.8) is 0 Å². The summed E-state index contributed by atoms with van der Waals surface area (Å²) in [5.74, 6) is -0.940. The van der Waals surface area contributed by atoms with Gasteiger partial charge in [0, 0.05) is 0 Å². The van der Waals surface area contributed by atoms with Crippen molar-refractivity contribution in [1.29, 1.82) is 0 Å². The summed E-state index contributed by atoms with van der Waals surface area (Å²) in [5, 5.41) is 2.05. The maximum absolute atomic E-state index is 12.1. The van der Waals surface area contributed by atoms with Gasteiger partial charge < -0.3 is 10.2 Å². The van der Waals surface area contributed by atoms with Gasteiger partial charge in [0.15, 0.2) is 10.2 Å². The lowest BCUT2D eigenvalue weighted by Crippen LogP contribution is -2.52. The zero-order chi connectivity index (χ0) is 13.3. The van der Waals surface area contributed by atoms with Crippen LogP contribution in [0.15, 0.2) is 21.2 Å². The molecule has 1 unspecified atom stereocenters. The highest BCUT2D eigenvalue weighted by molar-refractivity contribution is 9.10. The lowest BCUT2D eigenvalue weighted by molar-refractivity contribution is -0.136. The van der Waals surface area contributed by atoms with Gasteiger partial charge in [0.1, 0.15) is 5.76 Å². The number of furan rings is 1. The van der Waals surface area contributed by atoms with E-state index in [1.165, 1.54) is 19.1 Å². The third kappa shape index (κ3) is 3.47. The molecule has 0 aliphatic rings. The van der Waals surface area contributed by atoms with Gasteiger partial charge in [-0.3, -0.25) is 10.1 Å². The van der Waals surface area contributed by atoms with Crippen LogP contribution in [-0.4, -0.2) is 18.6 Å². The van der Waals surface area contributed by atoms with Crippen LogP contribution in [0.1, 0.15) is 12.7 Å². The lowest BCUT2D eigenvalue weighted by Gasteiger charge is -2.25. The number of nitrogens with two attached hydrogens (primary N) is 1. The Bertz CT molecular complexity index is 419. The molecule has 1 rings (SSSR count). The maximum Gasteiger partial charge on any atom is 0.401 e. The first-order valence-corrected chi connectivity index (χ1v) is 5.32. The van der Waals surface area contributed by atoms with E-state index in [0.717, 1.165) is 0 Å². The maximum atomic E-state index is 12.1. The highest BCUT2D eigenvalue weighted by Gasteiger charge is 2.40. The minimum Gasteiger partial charge on any atom is -0.452 e. The number of hydrogen-bond acceptors (Lipinski definition) is 3. The van der Waals surface area contributed by atoms with Crippen LogP contribution >= 0.6 is 15.9 Å². The fraction of sp³-hybridized carbons (Fsp3) is 0.444. The summed E-state index contributed by atoms with van der Waals surface area (Å²) in [5.41, 5.74) is 3.39. The molecular formula is C9H10BrF3N2O2. The van der Waals surface area contributed by atoms with E-state index < -0.39 is 24.2 Å². The molecule has 0 bridgehead atoms. The highest BCUT2D eigenvalue weighted by Crippen LogP contribution is 2.26. The summed E-state index contributed by atoms with van der Waals surface area (Å²) in [6, 6.07) is 2.84. The molecule has 3 N–H and O–H groups in total. The van der Waals surface area contributed by atoms with E-state index >= 15 is 0 Å². The summed E-state index contributed by atoms with van der Waals surface area (Å²) in [6.45, 7) is -0.114. The predicted molar refractivity (Wildman–Crippen MR) is 57.0 cm³/mol. The van der Waals surface area contributed by atoms with Crippen LogP contribution in [0.5, 0.6) is 0 Å². The van der Waals surface area contributed by atoms with Gasteiger partial charge in [-0.15, -0.1) is 0 Å². The van der Waals surface area contributed by atoms with Gasteiger partial charge in [-0.25, -0.2) is 0 Å². The largest absolute Gasteiger partial charge is 0.452 e. The number of carbonyl (C=O) groups is 1. The Balaban J connectivity index is 2.94. The Morgan fingerprint density at radius 3 is 2.47 bits per heavy atom. The molecule has 1 atom stereocenters. The molecule has 0 fully saturated rings. The van der Waals surface area contributed by atoms with E-state index in [9.17, 15) is 18.0 Å². The first-order valence-electron chi connectivity index (χ1n) is 4.52. The molecule has 1 heterocycles. The second-order valence-electron chi connectivity index (χ2n) is 3.56. The van der Waals surface area contributed by atoms with Gasteiger partial charge in [-0.1, -0.05) is 0 Å². The van der Waals surface area contributed by atoms with Crippen LogP contribution < -0.4 is 11.1 Å². The molecule has 0 aliphatic carbocycles. The summed E-state index contributed by atoms with van der Waals surface area (Å²) in [7, 11) is 0. The van der Waals surface area contributed by atoms with Crippen LogP contribution in [-0.2, 0) is 10.3 Å². The Kier molecular flexibility index (Phi) is 3.88. The van der Waals surface area contributed by atoms with Crippen molar-refractivity contribution >= 4 is 21.8 Å². The topological polar surface area (TPSA) is 68.3 Å². The van der Waals surface area contributed by atoms with E-state index in [-0.39, 0.29) is 5.76 Å². The number of alkyl halides is 3. The van der Waals surface area contributed by atoms with Crippen molar-refractivity contribution in [2.45, 2.75) is 18.6 Å². The molecule has 96 valence electrons. The van der Waals surface area contributed by atoms with Crippen LogP contribution in [0.2, 0.25) is 0 Å². The average Bonchev–Trinajstić information content (AvgIpc) is 2.60. The van der Waals surface area contributed by atoms with Crippen molar-refractivity contribution in [2.75, 3.05) is 6.54 Å². The van der Waals surface area contributed by atoms with Gasteiger partial charge in [-0.05, 0) is 35.0 Å². The molecule has 0 spiro atoms. The van der Waals surface area contributed by atoms with Gasteiger partial charge in [0.05, 0.1) is 6.54 Å². The summed E-state index contributed by atoms with van der Waals surface area (Å²) >= 11 is 3.00. The summed E-state index contributed by atoms with van der Waals surface area (Å²) < 4.78 is 41.7. The molecule has 1 aromatic heterocycles. The van der Waals surface area contributed by atoms with Crippen molar-refractivity contribution in [2.24, 2.45) is 5.73 Å². The number of nitrogens with one attached hydrogen (secondary N) is 1. The molecule has 0 saturated carbocycles. The third-order valence-electron chi connectivity index (χ3n) is 2.20. The first kappa shape index (κ1) is 14.0. The van der Waals surface area contributed by atoms with Crippen LogP contribution in [0.25, 0.3) is 0 Å². The molecule has 8 heteroatoms. The van der Waals surface area contributed by atoms with E-state index in [4.69, 9.17) is 10.2 Å². The number of halogens is 4. The molecule has 1 amide bonds. The molecule has 0 radical (unpaired) electrons. The van der Waals surface area contributed by atoms with Gasteiger partial charge >= 0.3 is 6.18 Å². The number of amides is 1.